The molecule has 1 aliphatic rings. The summed E-state index contributed by atoms with van der Waals surface area (Å²) in [6, 6.07) is 8.49. The monoisotopic (exact) mass is 448 g/mol. The van der Waals surface area contributed by atoms with E-state index in [2.05, 4.69) is 65.8 Å². The summed E-state index contributed by atoms with van der Waals surface area (Å²) in [6.45, 7) is 12.8. The molecule has 33 heavy (non-hydrogen) atoms. The molecule has 0 amide bonds. The van der Waals surface area contributed by atoms with Crippen LogP contribution in [0.5, 0.6) is 11.5 Å². The molecule has 1 saturated carbocycles. The van der Waals surface area contributed by atoms with E-state index in [9.17, 15) is 10.2 Å². The van der Waals surface area contributed by atoms with Crippen LogP contribution in [0, 0.1) is 0 Å². The van der Waals surface area contributed by atoms with Gasteiger partial charge in [-0.25, -0.2) is 0 Å². The summed E-state index contributed by atoms with van der Waals surface area (Å²) in [5.41, 5.74) is 5.97. The lowest BCUT2D eigenvalue weighted by atomic mass is 9.96. The minimum atomic E-state index is 0.0921. The molecule has 0 heterocycles. The second-order valence-corrected chi connectivity index (χ2v) is 9.87. The quantitative estimate of drug-likeness (QED) is 0.430. The van der Waals surface area contributed by atoms with Gasteiger partial charge in [-0.1, -0.05) is 53.7 Å². The van der Waals surface area contributed by atoms with Gasteiger partial charge in [0.25, 0.3) is 0 Å². The molecule has 2 atom stereocenters. The van der Waals surface area contributed by atoms with E-state index in [1.807, 2.05) is 12.4 Å². The number of rotatable bonds is 8. The van der Waals surface area contributed by atoms with Crippen molar-refractivity contribution in [3.05, 3.63) is 57.6 Å². The third-order valence-electron chi connectivity index (χ3n) is 6.83. The number of benzene rings is 2. The minimum Gasteiger partial charge on any atom is -0.507 e. The van der Waals surface area contributed by atoms with E-state index < -0.39 is 0 Å². The van der Waals surface area contributed by atoms with E-state index in [0.717, 1.165) is 54.4 Å². The van der Waals surface area contributed by atoms with Crippen LogP contribution in [0.15, 0.2) is 34.3 Å². The fraction of sp³-hybridized carbons (Fsp3) is 0.517. The van der Waals surface area contributed by atoms with Crippen LogP contribution in [0.3, 0.4) is 0 Å². The Bertz CT molecular complexity index is 939. The molecule has 178 valence electrons. The first-order chi connectivity index (χ1) is 15.7. The predicted molar refractivity (Wildman–Crippen MR) is 140 cm³/mol. The zero-order valence-electron chi connectivity index (χ0n) is 21.1. The molecule has 3 rings (SSSR count). The number of nitrogens with zero attached hydrogens (tertiary/aromatic N) is 2. The molecule has 4 heteroatoms. The van der Waals surface area contributed by atoms with Crippen molar-refractivity contribution < 1.29 is 10.2 Å². The smallest absolute Gasteiger partial charge is 0.127 e. The standard InChI is InChI=1S/C29H40N2O2/c1-7-20-12-22(18(3)4)14-24(28(20)32)16-30-26-10-9-11-27(26)31-17-25-15-23(19(5)6)13-21(8-2)29(25)33/h12-19,26-27,32-33H,7-11H2,1-6H3. The van der Waals surface area contributed by atoms with Crippen molar-refractivity contribution >= 4 is 12.4 Å². The molecule has 2 N–H and O–H groups in total. The van der Waals surface area contributed by atoms with Crippen molar-refractivity contribution in [1.29, 1.82) is 0 Å². The van der Waals surface area contributed by atoms with Crippen molar-refractivity contribution in [2.45, 2.75) is 97.6 Å². The van der Waals surface area contributed by atoms with Gasteiger partial charge in [0.2, 0.25) is 0 Å². The second kappa shape index (κ2) is 11.0. The molecule has 0 radical (unpaired) electrons. The van der Waals surface area contributed by atoms with E-state index in [0.29, 0.717) is 23.3 Å². The average Bonchev–Trinajstić information content (AvgIpc) is 3.24. The summed E-state index contributed by atoms with van der Waals surface area (Å²) < 4.78 is 0. The fourth-order valence-corrected chi connectivity index (χ4v) is 4.51. The molecule has 2 aromatic carbocycles. The van der Waals surface area contributed by atoms with Gasteiger partial charge in [-0.15, -0.1) is 0 Å². The molecular formula is C29H40N2O2. The van der Waals surface area contributed by atoms with Crippen LogP contribution >= 0.6 is 0 Å². The van der Waals surface area contributed by atoms with E-state index >= 15 is 0 Å². The first kappa shape index (κ1) is 25.0. The van der Waals surface area contributed by atoms with Crippen LogP contribution in [-0.4, -0.2) is 34.7 Å². The molecule has 2 unspecified atom stereocenters. The summed E-state index contributed by atoms with van der Waals surface area (Å²) in [5, 5.41) is 21.4. The number of phenolic OH excluding ortho intramolecular Hbond substituents is 2. The Balaban J connectivity index is 1.84. The molecular weight excluding hydrogens is 408 g/mol. The highest BCUT2D eigenvalue weighted by atomic mass is 16.3. The van der Waals surface area contributed by atoms with Gasteiger partial charge in [-0.05, 0) is 78.3 Å². The topological polar surface area (TPSA) is 65.2 Å². The van der Waals surface area contributed by atoms with Gasteiger partial charge in [-0.3, -0.25) is 9.98 Å². The Hall–Kier alpha value is -2.62. The van der Waals surface area contributed by atoms with E-state index in [1.165, 1.54) is 11.1 Å². The summed E-state index contributed by atoms with van der Waals surface area (Å²) in [6.07, 6.45) is 8.32. The van der Waals surface area contributed by atoms with Crippen LogP contribution in [0.4, 0.5) is 0 Å². The Morgan fingerprint density at radius 1 is 0.758 bits per heavy atom. The normalized spacial score (nSPS) is 19.0. The molecule has 0 spiro atoms. The first-order valence-corrected chi connectivity index (χ1v) is 12.5. The molecule has 2 aromatic rings. The van der Waals surface area contributed by atoms with Gasteiger partial charge in [0.1, 0.15) is 11.5 Å². The van der Waals surface area contributed by atoms with Gasteiger partial charge in [0, 0.05) is 23.6 Å². The largest absolute Gasteiger partial charge is 0.507 e. The van der Waals surface area contributed by atoms with Gasteiger partial charge >= 0.3 is 0 Å². The van der Waals surface area contributed by atoms with Crippen LogP contribution in [0.1, 0.15) is 106 Å². The maximum atomic E-state index is 10.7. The molecule has 0 bridgehead atoms. The second-order valence-electron chi connectivity index (χ2n) is 9.87. The van der Waals surface area contributed by atoms with Crippen LogP contribution in [0.25, 0.3) is 0 Å². The van der Waals surface area contributed by atoms with Crippen molar-refractivity contribution in [1.82, 2.24) is 0 Å². The lowest BCUT2D eigenvalue weighted by Gasteiger charge is -2.15. The van der Waals surface area contributed by atoms with Gasteiger partial charge in [0.05, 0.1) is 12.1 Å². The number of hydrogen-bond donors (Lipinski definition) is 2. The van der Waals surface area contributed by atoms with Gasteiger partial charge < -0.3 is 10.2 Å². The highest BCUT2D eigenvalue weighted by Crippen LogP contribution is 2.31. The highest BCUT2D eigenvalue weighted by molar-refractivity contribution is 5.86. The Morgan fingerprint density at radius 3 is 1.48 bits per heavy atom. The van der Waals surface area contributed by atoms with E-state index in [4.69, 9.17) is 9.98 Å². The number of aliphatic imine (C=N–C) groups is 2. The fourth-order valence-electron chi connectivity index (χ4n) is 4.51. The molecule has 0 aliphatic heterocycles. The van der Waals surface area contributed by atoms with Crippen molar-refractivity contribution in [2.24, 2.45) is 9.98 Å². The third-order valence-corrected chi connectivity index (χ3v) is 6.83. The summed E-state index contributed by atoms with van der Waals surface area (Å²) in [5.74, 6) is 1.47. The van der Waals surface area contributed by atoms with Gasteiger partial charge in [0.15, 0.2) is 0 Å². The van der Waals surface area contributed by atoms with Crippen LogP contribution < -0.4 is 0 Å². The zero-order chi connectivity index (χ0) is 24.1. The predicted octanol–water partition coefficient (Wildman–Crippen LogP) is 6.93. The van der Waals surface area contributed by atoms with Crippen molar-refractivity contribution in [3.8, 4) is 11.5 Å². The van der Waals surface area contributed by atoms with E-state index in [1.54, 1.807) is 0 Å². The SMILES string of the molecule is CCc1cc(C(C)C)cc(C=NC2CCCC2N=Cc2cc(C(C)C)cc(CC)c2O)c1O. The highest BCUT2D eigenvalue weighted by Gasteiger charge is 2.26. The van der Waals surface area contributed by atoms with Crippen molar-refractivity contribution in [3.63, 3.8) is 0 Å². The summed E-state index contributed by atoms with van der Waals surface area (Å²) in [7, 11) is 0. The number of aryl methyl sites for hydroxylation is 2. The summed E-state index contributed by atoms with van der Waals surface area (Å²) in [4.78, 5) is 9.73. The molecule has 1 fully saturated rings. The third kappa shape index (κ3) is 5.85. The number of hydrogen-bond acceptors (Lipinski definition) is 4. The maximum Gasteiger partial charge on any atom is 0.127 e. The van der Waals surface area contributed by atoms with Gasteiger partial charge in [-0.2, -0.15) is 0 Å². The minimum absolute atomic E-state index is 0.0921. The lowest BCUT2D eigenvalue weighted by Crippen LogP contribution is -2.16. The van der Waals surface area contributed by atoms with Crippen LogP contribution in [0.2, 0.25) is 0 Å². The van der Waals surface area contributed by atoms with Crippen molar-refractivity contribution in [2.75, 3.05) is 0 Å². The Kier molecular flexibility index (Phi) is 8.34. The lowest BCUT2D eigenvalue weighted by molar-refractivity contribution is 0.466. The number of phenols is 2. The Morgan fingerprint density at radius 2 is 1.15 bits per heavy atom. The molecule has 0 aromatic heterocycles. The van der Waals surface area contributed by atoms with E-state index in [-0.39, 0.29) is 12.1 Å². The molecule has 0 saturated heterocycles. The Labute approximate surface area is 199 Å². The van der Waals surface area contributed by atoms with Crippen LogP contribution in [-0.2, 0) is 12.8 Å². The summed E-state index contributed by atoms with van der Waals surface area (Å²) >= 11 is 0. The average molecular weight is 449 g/mol. The number of aromatic hydroxyl groups is 2. The molecule has 4 nitrogen and oxygen atoms in total. The maximum absolute atomic E-state index is 10.7. The first-order valence-electron chi connectivity index (χ1n) is 12.5. The molecule has 1 aliphatic carbocycles. The zero-order valence-corrected chi connectivity index (χ0v) is 21.1.